The molecular weight excluding hydrogens is 1110 g/mol. The maximum Gasteiger partial charge on any atom is 0.267 e. The van der Waals surface area contributed by atoms with Crippen LogP contribution in [0.3, 0.4) is 0 Å². The molecule has 2 saturated carbocycles. The molecule has 0 radical (unpaired) electrons. The second-order valence-electron chi connectivity index (χ2n) is 15.0. The Morgan fingerprint density at radius 1 is 0.419 bits per heavy atom. The molecule has 6 heterocycles. The van der Waals surface area contributed by atoms with Gasteiger partial charge in [-0.1, -0.05) is 161 Å². The molecule has 1 N–H and O–H groups in total. The second kappa shape index (κ2) is 80.4. The summed E-state index contributed by atoms with van der Waals surface area (Å²) in [4.78, 5) is 2.58. The Bertz CT molecular complexity index is 1270. The minimum atomic E-state index is -3.67. The van der Waals surface area contributed by atoms with E-state index in [0.29, 0.717) is 24.4 Å². The van der Waals surface area contributed by atoms with Crippen molar-refractivity contribution in [1.29, 1.82) is 0 Å². The molecule has 0 amide bonds. The van der Waals surface area contributed by atoms with E-state index in [1.807, 2.05) is 111 Å². The molecule has 458 valence electrons. The molecule has 0 atom stereocenters. The van der Waals surface area contributed by atoms with Crippen LogP contribution < -0.4 is 0 Å². The fourth-order valence-corrected chi connectivity index (χ4v) is 13.6. The van der Waals surface area contributed by atoms with E-state index in [1.54, 1.807) is 0 Å². The molecule has 0 aromatic rings. The third kappa shape index (κ3) is 98.4. The zero-order valence-electron chi connectivity index (χ0n) is 51.3. The zero-order chi connectivity index (χ0) is 59.4. The van der Waals surface area contributed by atoms with Gasteiger partial charge in [0.25, 0.3) is 20.2 Å². The Morgan fingerprint density at radius 3 is 0.811 bits per heavy atom. The van der Waals surface area contributed by atoms with Crippen LogP contribution in [0.5, 0.6) is 0 Å². The highest BCUT2D eigenvalue weighted by Crippen LogP contribution is 2.16. The molecular formula is C55H124O10S9. The Kier molecular flexibility index (Phi) is 102. The van der Waals surface area contributed by atoms with Gasteiger partial charge in [0.2, 0.25) is 0 Å². The fraction of sp³-hybridized carbons (Fsp3) is 0.964. The summed E-state index contributed by atoms with van der Waals surface area (Å²) in [6.07, 6.45) is 30.2. The number of rotatable bonds is 0. The molecule has 74 heavy (non-hydrogen) atoms. The topological polar surface area (TPSA) is 166 Å². The summed E-state index contributed by atoms with van der Waals surface area (Å²) in [5, 5.41) is 0. The number of thiocarbonyl (C=S) groups is 2. The monoisotopic (exact) mass is 1230 g/mol. The van der Waals surface area contributed by atoms with Crippen LogP contribution >= 0.6 is 48.0 Å². The van der Waals surface area contributed by atoms with Crippen LogP contribution in [0.4, 0.5) is 0 Å². The average Bonchev–Trinajstić information content (AvgIpc) is 4.28. The maximum atomic E-state index is 10.7. The Morgan fingerprint density at radius 2 is 0.662 bits per heavy atom. The number of thioether (sulfide) groups is 2. The Hall–Kier alpha value is 0.950. The summed E-state index contributed by atoms with van der Waals surface area (Å²) >= 11 is 14.1. The van der Waals surface area contributed by atoms with E-state index < -0.39 is 51.7 Å². The minimum Gasteiger partial charge on any atom is -0.286 e. The lowest BCUT2D eigenvalue weighted by molar-refractivity contribution is 0.292. The van der Waals surface area contributed by atoms with E-state index in [4.69, 9.17) is 29.0 Å². The van der Waals surface area contributed by atoms with Gasteiger partial charge < -0.3 is 0 Å². The summed E-state index contributed by atoms with van der Waals surface area (Å²) in [6, 6.07) is 0. The van der Waals surface area contributed by atoms with Crippen molar-refractivity contribution in [2.75, 3.05) is 76.1 Å². The van der Waals surface area contributed by atoms with Gasteiger partial charge in [-0.15, -0.1) is 0 Å². The van der Waals surface area contributed by atoms with Gasteiger partial charge in [0, 0.05) is 44.6 Å². The Balaban J connectivity index is -0.0000000889. The molecule has 8 fully saturated rings. The van der Waals surface area contributed by atoms with E-state index >= 15 is 0 Å². The van der Waals surface area contributed by atoms with Gasteiger partial charge in [0.15, 0.2) is 0 Å². The van der Waals surface area contributed by atoms with Crippen LogP contribution in [-0.2, 0) is 55.9 Å². The van der Waals surface area contributed by atoms with Crippen molar-refractivity contribution < 1.29 is 42.4 Å². The highest BCUT2D eigenvalue weighted by atomic mass is 32.2. The van der Waals surface area contributed by atoms with Crippen LogP contribution in [-0.4, -0.2) is 124 Å². The molecule has 8 aliphatic rings. The summed E-state index contributed by atoms with van der Waals surface area (Å²) in [5.41, 5.74) is 0. The smallest absolute Gasteiger partial charge is 0.267 e. The molecule has 0 spiro atoms. The van der Waals surface area contributed by atoms with Gasteiger partial charge in [0.05, 0.1) is 30.1 Å². The van der Waals surface area contributed by atoms with Crippen molar-refractivity contribution in [3.8, 4) is 0 Å². The average molecular weight is 1230 g/mol. The van der Waals surface area contributed by atoms with Crippen molar-refractivity contribution in [1.82, 2.24) is 0 Å². The van der Waals surface area contributed by atoms with Crippen molar-refractivity contribution in [2.24, 2.45) is 0 Å². The maximum absolute atomic E-state index is 10.7. The highest BCUT2D eigenvalue weighted by Gasteiger charge is 2.15. The van der Waals surface area contributed by atoms with Crippen molar-refractivity contribution in [2.45, 2.75) is 265 Å². The van der Waals surface area contributed by atoms with Crippen LogP contribution in [0, 0.1) is 0 Å². The van der Waals surface area contributed by atoms with E-state index in [2.05, 4.69) is 27.7 Å². The predicted octanol–water partition coefficient (Wildman–Crippen LogP) is 17.5. The van der Waals surface area contributed by atoms with Crippen molar-refractivity contribution >= 4 is 109 Å². The molecule has 0 aromatic heterocycles. The zero-order valence-corrected chi connectivity index (χ0v) is 58.6. The first-order valence-corrected chi connectivity index (χ1v) is 40.7. The lowest BCUT2D eigenvalue weighted by atomic mass is 10.0. The first-order valence-electron chi connectivity index (χ1n) is 29.4. The molecule has 8 rings (SSSR count). The summed E-state index contributed by atoms with van der Waals surface area (Å²) in [5.74, 6) is 10.5. The number of sulfone groups is 1. The van der Waals surface area contributed by atoms with E-state index in [1.165, 1.54) is 155 Å². The van der Waals surface area contributed by atoms with Crippen LogP contribution in [0.2, 0.25) is 0 Å². The van der Waals surface area contributed by atoms with Crippen molar-refractivity contribution in [3.63, 3.8) is 0 Å². The van der Waals surface area contributed by atoms with E-state index in [-0.39, 0.29) is 5.75 Å². The van der Waals surface area contributed by atoms with Crippen molar-refractivity contribution in [3.05, 3.63) is 0 Å². The number of hydrogen-bond acceptors (Lipinski definition) is 13. The molecule has 6 saturated heterocycles. The molecule has 0 unspecified atom stereocenters. The largest absolute Gasteiger partial charge is 0.286 e. The normalized spacial score (nSPS) is 19.3. The third-order valence-corrected chi connectivity index (χ3v) is 18.4. The third-order valence-electron chi connectivity index (χ3n) is 9.18. The first-order chi connectivity index (χ1) is 35.5. The first kappa shape index (κ1) is 94.2. The van der Waals surface area contributed by atoms with Gasteiger partial charge >= 0.3 is 0 Å². The Labute approximate surface area is 488 Å². The van der Waals surface area contributed by atoms with Gasteiger partial charge in [-0.25, -0.2) is 8.42 Å². The molecule has 6 aliphatic heterocycles. The van der Waals surface area contributed by atoms with Crippen LogP contribution in [0.1, 0.15) is 265 Å². The lowest BCUT2D eigenvalue weighted by Gasteiger charge is -2.09. The lowest BCUT2D eigenvalue weighted by Crippen LogP contribution is -2.17. The second-order valence-corrected chi connectivity index (χ2v) is 27.6. The SMILES string of the molecule is C1CCSC1.C1CCSCC1.CC.CC.CC.CC.CC.CC.CC.CC.CS(=O)(=O)O.O=S1(=O)CCCCC1.O=S1(=O)CCCCO1.O=S1CCCC1.O=S1CCCCC1.S=C1CCCC1.S=C1CCCCC1. The molecule has 0 aromatic carbocycles. The number of hydrogen-bond donors (Lipinski definition) is 1. The fourth-order valence-electron chi connectivity index (χ4n) is 5.89. The van der Waals surface area contributed by atoms with E-state index in [0.717, 1.165) is 55.1 Å². The van der Waals surface area contributed by atoms with Gasteiger partial charge in [-0.2, -0.15) is 40.4 Å². The van der Waals surface area contributed by atoms with E-state index in [9.17, 15) is 33.7 Å². The molecule has 19 heteroatoms. The quantitative estimate of drug-likeness (QED) is 0.138. The standard InChI is InChI=1S/C6H10S.C5H10O2S.C5H10OS.C5H10S.C5H8S.C4H8O3S.C4H8OS.C4H8S.8C2H6.CH4O3S/c7-6-4-2-1-3-5-6;6-8(7)4-2-1-3-5-8;6-7-4-2-1-3-5-7;1-2-4-6-5-3-1;6-5-3-1-2-4-5;5-8(6)4-2-1-3-7-8;5-6-3-1-2-4-6;1-2-4-5-3-1;8*1-2;1-5(2,3)4/h1-5H2;1-5H2;1-5H2;1-5H2;1-4H2;1-4H2;1-4H2;1-4H2;8*1-2H3;1H3,(H,2,3,4). The summed E-state index contributed by atoms with van der Waals surface area (Å²) < 4.78 is 93.4. The molecule has 2 aliphatic carbocycles. The van der Waals surface area contributed by atoms with Crippen LogP contribution in [0.25, 0.3) is 0 Å². The minimum absolute atomic E-state index is 0.201. The summed E-state index contributed by atoms with van der Waals surface area (Å²) in [6.45, 7) is 32.4. The summed E-state index contributed by atoms with van der Waals surface area (Å²) in [7, 11) is -10.2. The molecule has 10 nitrogen and oxygen atoms in total. The van der Waals surface area contributed by atoms with Crippen LogP contribution in [0.15, 0.2) is 0 Å². The van der Waals surface area contributed by atoms with Gasteiger partial charge in [-0.05, 0) is 161 Å². The molecule has 0 bridgehead atoms. The predicted molar refractivity (Wildman–Crippen MR) is 353 cm³/mol. The van der Waals surface area contributed by atoms with Gasteiger partial charge in [-0.3, -0.25) is 17.2 Å². The highest BCUT2D eigenvalue weighted by molar-refractivity contribution is 7.99. The van der Waals surface area contributed by atoms with Gasteiger partial charge in [0.1, 0.15) is 9.84 Å².